The van der Waals surface area contributed by atoms with Crippen LogP contribution in [0.25, 0.3) is 0 Å². The summed E-state index contributed by atoms with van der Waals surface area (Å²) in [7, 11) is 3.45. The van der Waals surface area contributed by atoms with E-state index in [1.807, 2.05) is 43.4 Å². The standard InChI is InChI=1S/C19H25N3O3/c1-22(13-9-16-7-10-20-11-8-16)19(23)15-21-12-14-25-18-5-3-17(24-2)4-6-18/h3-8,10-11,21H,9,12-15H2,1-2H3. The van der Waals surface area contributed by atoms with Crippen molar-refractivity contribution < 1.29 is 14.3 Å². The minimum absolute atomic E-state index is 0.0681. The fraction of sp³-hybridized carbons (Fsp3) is 0.368. The van der Waals surface area contributed by atoms with Crippen LogP contribution in [0.2, 0.25) is 0 Å². The molecule has 0 saturated heterocycles. The van der Waals surface area contributed by atoms with Crippen molar-refractivity contribution in [2.24, 2.45) is 0 Å². The Labute approximate surface area is 148 Å². The molecule has 1 aromatic carbocycles. The number of carbonyl (C=O) groups excluding carboxylic acids is 1. The molecule has 134 valence electrons. The lowest BCUT2D eigenvalue weighted by molar-refractivity contribution is -0.128. The van der Waals surface area contributed by atoms with E-state index in [1.165, 1.54) is 5.56 Å². The molecule has 6 nitrogen and oxygen atoms in total. The molecule has 1 amide bonds. The average Bonchev–Trinajstić information content (AvgIpc) is 2.67. The SMILES string of the molecule is COc1ccc(OCCNCC(=O)N(C)CCc2ccncc2)cc1. The van der Waals surface area contributed by atoms with Crippen LogP contribution in [-0.4, -0.2) is 56.2 Å². The van der Waals surface area contributed by atoms with Gasteiger partial charge in [-0.3, -0.25) is 9.78 Å². The van der Waals surface area contributed by atoms with E-state index in [4.69, 9.17) is 9.47 Å². The summed E-state index contributed by atoms with van der Waals surface area (Å²) in [6, 6.07) is 11.3. The van der Waals surface area contributed by atoms with Crippen LogP contribution in [0.3, 0.4) is 0 Å². The number of nitrogens with one attached hydrogen (secondary N) is 1. The van der Waals surface area contributed by atoms with E-state index in [1.54, 1.807) is 24.4 Å². The monoisotopic (exact) mass is 343 g/mol. The predicted molar refractivity (Wildman–Crippen MR) is 96.9 cm³/mol. The number of methoxy groups -OCH3 is 1. The molecule has 1 N–H and O–H groups in total. The second-order valence-electron chi connectivity index (χ2n) is 5.62. The minimum atomic E-state index is 0.0681. The van der Waals surface area contributed by atoms with Gasteiger partial charge >= 0.3 is 0 Å². The zero-order chi connectivity index (χ0) is 17.9. The van der Waals surface area contributed by atoms with E-state index in [9.17, 15) is 4.79 Å². The van der Waals surface area contributed by atoms with Crippen LogP contribution in [0.15, 0.2) is 48.8 Å². The third-order valence-electron chi connectivity index (χ3n) is 3.79. The van der Waals surface area contributed by atoms with Crippen LogP contribution < -0.4 is 14.8 Å². The van der Waals surface area contributed by atoms with Crippen molar-refractivity contribution in [2.75, 3.05) is 40.4 Å². The first-order valence-electron chi connectivity index (χ1n) is 8.29. The summed E-state index contributed by atoms with van der Waals surface area (Å²) in [5.41, 5.74) is 1.18. The Bertz CT molecular complexity index is 632. The predicted octanol–water partition coefficient (Wildman–Crippen LogP) is 1.76. The first-order chi connectivity index (χ1) is 12.2. The number of ether oxygens (including phenoxy) is 2. The smallest absolute Gasteiger partial charge is 0.236 e. The highest BCUT2D eigenvalue weighted by atomic mass is 16.5. The van der Waals surface area contributed by atoms with Crippen LogP contribution in [0, 0.1) is 0 Å². The second-order valence-corrected chi connectivity index (χ2v) is 5.62. The van der Waals surface area contributed by atoms with Gasteiger partial charge in [0.2, 0.25) is 5.91 Å². The Kier molecular flexibility index (Phi) is 7.72. The van der Waals surface area contributed by atoms with Gasteiger partial charge in [0.15, 0.2) is 0 Å². The number of aromatic nitrogens is 1. The maximum Gasteiger partial charge on any atom is 0.236 e. The van der Waals surface area contributed by atoms with E-state index in [0.29, 0.717) is 26.2 Å². The van der Waals surface area contributed by atoms with E-state index in [0.717, 1.165) is 17.9 Å². The topological polar surface area (TPSA) is 63.7 Å². The second kappa shape index (κ2) is 10.3. The molecule has 0 bridgehead atoms. The fourth-order valence-corrected chi connectivity index (χ4v) is 2.21. The van der Waals surface area contributed by atoms with Gasteiger partial charge in [-0.2, -0.15) is 0 Å². The van der Waals surface area contributed by atoms with Crippen molar-refractivity contribution in [3.63, 3.8) is 0 Å². The maximum atomic E-state index is 12.1. The minimum Gasteiger partial charge on any atom is -0.497 e. The number of nitrogens with zero attached hydrogens (tertiary/aromatic N) is 2. The maximum absolute atomic E-state index is 12.1. The van der Waals surface area contributed by atoms with Crippen LogP contribution >= 0.6 is 0 Å². The summed E-state index contributed by atoms with van der Waals surface area (Å²) in [4.78, 5) is 17.8. The molecule has 0 radical (unpaired) electrons. The molecule has 6 heteroatoms. The number of likely N-dealkylation sites (N-methyl/N-ethyl adjacent to an activating group) is 1. The molecule has 2 rings (SSSR count). The molecule has 0 saturated carbocycles. The van der Waals surface area contributed by atoms with E-state index < -0.39 is 0 Å². The Morgan fingerprint density at radius 2 is 1.80 bits per heavy atom. The molecule has 0 atom stereocenters. The van der Waals surface area contributed by atoms with Gasteiger partial charge in [-0.1, -0.05) is 0 Å². The van der Waals surface area contributed by atoms with Crippen molar-refractivity contribution in [1.82, 2.24) is 15.2 Å². The number of hydrogen-bond acceptors (Lipinski definition) is 5. The zero-order valence-electron chi connectivity index (χ0n) is 14.8. The van der Waals surface area contributed by atoms with Gasteiger partial charge < -0.3 is 19.7 Å². The van der Waals surface area contributed by atoms with Crippen LogP contribution in [0.5, 0.6) is 11.5 Å². The lowest BCUT2D eigenvalue weighted by Gasteiger charge is -2.17. The summed E-state index contributed by atoms with van der Waals surface area (Å²) in [6.45, 7) is 2.10. The van der Waals surface area contributed by atoms with Crippen LogP contribution in [0.4, 0.5) is 0 Å². The summed E-state index contributed by atoms with van der Waals surface area (Å²) >= 11 is 0. The van der Waals surface area contributed by atoms with E-state index in [2.05, 4.69) is 10.3 Å². The number of benzene rings is 1. The molecule has 0 spiro atoms. The average molecular weight is 343 g/mol. The van der Waals surface area contributed by atoms with Crippen LogP contribution in [-0.2, 0) is 11.2 Å². The molecule has 0 unspecified atom stereocenters. The molecule has 2 aromatic rings. The summed E-state index contributed by atoms with van der Waals surface area (Å²) in [6.07, 6.45) is 4.36. The van der Waals surface area contributed by atoms with Gasteiger partial charge in [0.1, 0.15) is 18.1 Å². The zero-order valence-corrected chi connectivity index (χ0v) is 14.8. The Morgan fingerprint density at radius 3 is 2.48 bits per heavy atom. The molecule has 0 aliphatic heterocycles. The summed E-state index contributed by atoms with van der Waals surface area (Å²) in [5, 5.41) is 3.11. The number of hydrogen-bond donors (Lipinski definition) is 1. The highest BCUT2D eigenvalue weighted by Crippen LogP contribution is 2.16. The largest absolute Gasteiger partial charge is 0.497 e. The van der Waals surface area contributed by atoms with Crippen molar-refractivity contribution in [2.45, 2.75) is 6.42 Å². The molecular formula is C19H25N3O3. The molecule has 0 fully saturated rings. The summed E-state index contributed by atoms with van der Waals surface area (Å²) in [5.74, 6) is 1.65. The Morgan fingerprint density at radius 1 is 1.12 bits per heavy atom. The van der Waals surface area contributed by atoms with E-state index >= 15 is 0 Å². The molecular weight excluding hydrogens is 318 g/mol. The van der Waals surface area contributed by atoms with E-state index in [-0.39, 0.29) is 5.91 Å². The van der Waals surface area contributed by atoms with Crippen molar-refractivity contribution in [3.8, 4) is 11.5 Å². The van der Waals surface area contributed by atoms with Gasteiger partial charge in [-0.15, -0.1) is 0 Å². The first-order valence-corrected chi connectivity index (χ1v) is 8.29. The van der Waals surface area contributed by atoms with Crippen molar-refractivity contribution >= 4 is 5.91 Å². The van der Waals surface area contributed by atoms with Gasteiger partial charge in [0, 0.05) is 32.5 Å². The van der Waals surface area contributed by atoms with Gasteiger partial charge in [0.05, 0.1) is 13.7 Å². The summed E-state index contributed by atoms with van der Waals surface area (Å²) < 4.78 is 10.7. The molecule has 0 aliphatic rings. The molecule has 0 aliphatic carbocycles. The number of carbonyl (C=O) groups is 1. The van der Waals surface area contributed by atoms with Crippen molar-refractivity contribution in [1.29, 1.82) is 0 Å². The van der Waals surface area contributed by atoms with Gasteiger partial charge in [0.25, 0.3) is 0 Å². The Hall–Kier alpha value is -2.60. The third kappa shape index (κ3) is 6.81. The highest BCUT2D eigenvalue weighted by molar-refractivity contribution is 5.77. The number of amides is 1. The molecule has 1 heterocycles. The van der Waals surface area contributed by atoms with Gasteiger partial charge in [-0.05, 0) is 48.4 Å². The van der Waals surface area contributed by atoms with Crippen LogP contribution in [0.1, 0.15) is 5.56 Å². The number of rotatable bonds is 10. The lowest BCUT2D eigenvalue weighted by atomic mass is 10.2. The highest BCUT2D eigenvalue weighted by Gasteiger charge is 2.08. The first kappa shape index (κ1) is 18.7. The van der Waals surface area contributed by atoms with Gasteiger partial charge in [-0.25, -0.2) is 0 Å². The quantitative estimate of drug-likeness (QED) is 0.666. The number of pyridine rings is 1. The Balaban J connectivity index is 1.58. The van der Waals surface area contributed by atoms with Crippen molar-refractivity contribution in [3.05, 3.63) is 54.4 Å². The molecule has 25 heavy (non-hydrogen) atoms. The fourth-order valence-electron chi connectivity index (χ4n) is 2.21. The molecule has 1 aromatic heterocycles. The lowest BCUT2D eigenvalue weighted by Crippen LogP contribution is -2.37. The third-order valence-corrected chi connectivity index (χ3v) is 3.79. The normalized spacial score (nSPS) is 10.3.